The van der Waals surface area contributed by atoms with Gasteiger partial charge in [-0.2, -0.15) is 0 Å². The first-order chi connectivity index (χ1) is 38.0. The molecule has 0 bridgehead atoms. The molecule has 6 nitrogen and oxygen atoms in total. The van der Waals surface area contributed by atoms with Gasteiger partial charge in [0.05, 0.1) is 0 Å². The van der Waals surface area contributed by atoms with E-state index >= 15 is 0 Å². The quantitative estimate of drug-likeness (QED) is 0.0261. The van der Waals surface area contributed by atoms with Crippen molar-refractivity contribution in [2.75, 3.05) is 13.2 Å². The largest absolute Gasteiger partial charge is 0.462 e. The van der Waals surface area contributed by atoms with Crippen molar-refractivity contribution < 1.29 is 28.6 Å². The van der Waals surface area contributed by atoms with Crippen LogP contribution in [0.15, 0.2) is 72.9 Å². The maximum absolute atomic E-state index is 12.9. The van der Waals surface area contributed by atoms with Crippen molar-refractivity contribution in [2.24, 2.45) is 0 Å². The third-order valence-corrected chi connectivity index (χ3v) is 14.7. The first kappa shape index (κ1) is 73.8. The van der Waals surface area contributed by atoms with Gasteiger partial charge in [-0.3, -0.25) is 14.4 Å². The van der Waals surface area contributed by atoms with Gasteiger partial charge in [0, 0.05) is 19.3 Å². The van der Waals surface area contributed by atoms with Crippen LogP contribution in [-0.2, 0) is 28.6 Å². The fraction of sp³-hybridized carbons (Fsp3) is 0.789. The second-order valence-corrected chi connectivity index (χ2v) is 22.4. The van der Waals surface area contributed by atoms with E-state index < -0.39 is 6.10 Å². The van der Waals surface area contributed by atoms with Crippen molar-refractivity contribution in [1.82, 2.24) is 0 Å². The summed E-state index contributed by atoms with van der Waals surface area (Å²) in [5.41, 5.74) is 0. The second kappa shape index (κ2) is 65.4. The van der Waals surface area contributed by atoms with Gasteiger partial charge in [0.25, 0.3) is 0 Å². The number of unbranched alkanes of at least 4 members (excludes halogenated alkanes) is 38. The van der Waals surface area contributed by atoms with Crippen molar-refractivity contribution in [1.29, 1.82) is 0 Å². The monoisotopic (exact) mass is 1070 g/mol. The lowest BCUT2D eigenvalue weighted by molar-refractivity contribution is -0.167. The molecule has 0 aromatic heterocycles. The van der Waals surface area contributed by atoms with Crippen LogP contribution in [0.25, 0.3) is 0 Å². The molecule has 446 valence electrons. The number of carbonyl (C=O) groups is 3. The summed E-state index contributed by atoms with van der Waals surface area (Å²) in [5.74, 6) is -0.876. The smallest absolute Gasteiger partial charge is 0.306 e. The molecule has 0 aromatic carbocycles. The first-order valence-corrected chi connectivity index (χ1v) is 33.4. The average molecular weight is 1080 g/mol. The number of esters is 3. The topological polar surface area (TPSA) is 78.9 Å². The number of hydrogen-bond donors (Lipinski definition) is 0. The lowest BCUT2D eigenvalue weighted by atomic mass is 10.0. The Labute approximate surface area is 478 Å². The van der Waals surface area contributed by atoms with Gasteiger partial charge in [0.15, 0.2) is 6.10 Å². The summed E-state index contributed by atoms with van der Waals surface area (Å²) >= 11 is 0. The van der Waals surface area contributed by atoms with Gasteiger partial charge in [-0.1, -0.05) is 280 Å². The Bertz CT molecular complexity index is 1420. The van der Waals surface area contributed by atoms with E-state index in [4.69, 9.17) is 14.2 Å². The Kier molecular flexibility index (Phi) is 62.7. The number of rotatable bonds is 61. The maximum atomic E-state index is 12.9. The predicted octanol–water partition coefficient (Wildman–Crippen LogP) is 22.9. The summed E-state index contributed by atoms with van der Waals surface area (Å²) in [4.78, 5) is 38.4. The summed E-state index contributed by atoms with van der Waals surface area (Å²) in [6.07, 6.45) is 84.7. The van der Waals surface area contributed by atoms with Gasteiger partial charge < -0.3 is 14.2 Å². The zero-order chi connectivity index (χ0) is 55.7. The zero-order valence-corrected chi connectivity index (χ0v) is 51.2. The minimum absolute atomic E-state index is 0.0791. The van der Waals surface area contributed by atoms with E-state index in [1.165, 1.54) is 218 Å². The van der Waals surface area contributed by atoms with Crippen molar-refractivity contribution >= 4 is 17.9 Å². The molecule has 6 heteroatoms. The van der Waals surface area contributed by atoms with Gasteiger partial charge in [-0.15, -0.1) is 0 Å². The minimum atomic E-state index is -0.784. The number of hydrogen-bond acceptors (Lipinski definition) is 6. The molecule has 1 unspecified atom stereocenters. The molecule has 0 fully saturated rings. The molecule has 0 aromatic rings. The van der Waals surface area contributed by atoms with Crippen LogP contribution >= 0.6 is 0 Å². The van der Waals surface area contributed by atoms with E-state index in [0.29, 0.717) is 19.3 Å². The molecule has 0 spiro atoms. The summed E-state index contributed by atoms with van der Waals surface area (Å²) < 4.78 is 17.0. The highest BCUT2D eigenvalue weighted by atomic mass is 16.6. The van der Waals surface area contributed by atoms with E-state index in [9.17, 15) is 14.4 Å². The second-order valence-electron chi connectivity index (χ2n) is 22.4. The highest BCUT2D eigenvalue weighted by molar-refractivity contribution is 5.71. The van der Waals surface area contributed by atoms with Gasteiger partial charge >= 0.3 is 17.9 Å². The van der Waals surface area contributed by atoms with E-state index in [2.05, 4.69) is 93.7 Å². The maximum Gasteiger partial charge on any atom is 0.306 e. The fourth-order valence-electron chi connectivity index (χ4n) is 9.59. The Balaban J connectivity index is 4.36. The van der Waals surface area contributed by atoms with Crippen LogP contribution in [0.5, 0.6) is 0 Å². The van der Waals surface area contributed by atoms with E-state index in [0.717, 1.165) is 83.5 Å². The Morgan fingerprint density at radius 2 is 0.468 bits per heavy atom. The van der Waals surface area contributed by atoms with Gasteiger partial charge in [0.1, 0.15) is 13.2 Å². The van der Waals surface area contributed by atoms with Crippen LogP contribution in [-0.4, -0.2) is 37.2 Å². The predicted molar refractivity (Wildman–Crippen MR) is 335 cm³/mol. The van der Waals surface area contributed by atoms with Crippen LogP contribution in [0.4, 0.5) is 0 Å². The van der Waals surface area contributed by atoms with Crippen LogP contribution < -0.4 is 0 Å². The fourth-order valence-corrected chi connectivity index (χ4v) is 9.59. The Morgan fingerprint density at radius 3 is 0.740 bits per heavy atom. The molecule has 0 aliphatic rings. The van der Waals surface area contributed by atoms with E-state index in [1.807, 2.05) is 0 Å². The standard InChI is InChI=1S/C71H126O6/c1-4-7-10-13-16-19-22-25-28-31-33-34-35-36-38-40-43-46-49-52-55-58-61-64-70(73)76-67-68(66-75-69(72)63-60-57-54-51-48-45-42-39-30-27-24-21-18-15-12-9-6-3)77-71(74)65-62-59-56-53-50-47-44-41-37-32-29-26-23-20-17-14-11-8-5-2/h17-18,20-22,25-27,29-31,33,68H,4-16,19,23-24,28,32,34-67H2,1-3H3/b20-17-,21-18-,25-22-,29-26-,30-27-,33-31-. The van der Waals surface area contributed by atoms with Gasteiger partial charge in [-0.05, 0) is 116 Å². The molecule has 0 rings (SSSR count). The van der Waals surface area contributed by atoms with Crippen LogP contribution in [0.2, 0.25) is 0 Å². The first-order valence-electron chi connectivity index (χ1n) is 33.4. The van der Waals surface area contributed by atoms with Crippen molar-refractivity contribution in [3.8, 4) is 0 Å². The zero-order valence-electron chi connectivity index (χ0n) is 51.2. The molecule has 1 atom stereocenters. The Hall–Kier alpha value is -3.15. The molecule has 0 radical (unpaired) electrons. The molecular weight excluding hydrogens is 949 g/mol. The summed E-state index contributed by atoms with van der Waals surface area (Å²) in [7, 11) is 0. The lowest BCUT2D eigenvalue weighted by Gasteiger charge is -2.18. The Morgan fingerprint density at radius 1 is 0.260 bits per heavy atom. The van der Waals surface area contributed by atoms with Crippen molar-refractivity contribution in [2.45, 2.75) is 348 Å². The molecule has 77 heavy (non-hydrogen) atoms. The van der Waals surface area contributed by atoms with Crippen LogP contribution in [0.3, 0.4) is 0 Å². The lowest BCUT2D eigenvalue weighted by Crippen LogP contribution is -2.30. The molecule has 0 saturated heterocycles. The minimum Gasteiger partial charge on any atom is -0.462 e. The van der Waals surface area contributed by atoms with Crippen LogP contribution in [0, 0.1) is 0 Å². The highest BCUT2D eigenvalue weighted by Gasteiger charge is 2.19. The molecule has 0 heterocycles. The molecular formula is C71H126O6. The SMILES string of the molecule is CCCCC/C=C\C/C=C\CCCCCCCCCCCC(=O)OC(COC(=O)CCCCCCCCC/C=C\C/C=C\CCCCC)COC(=O)CCCCCCCCCCCCC/C=C\C/C=C\CCCCCCC. The molecule has 0 amide bonds. The number of carbonyl (C=O) groups excluding carboxylic acids is 3. The van der Waals surface area contributed by atoms with Crippen molar-refractivity contribution in [3.05, 3.63) is 72.9 Å². The third kappa shape index (κ3) is 63.6. The van der Waals surface area contributed by atoms with Gasteiger partial charge in [0.2, 0.25) is 0 Å². The molecule has 0 aliphatic carbocycles. The van der Waals surface area contributed by atoms with E-state index in [1.54, 1.807) is 0 Å². The third-order valence-electron chi connectivity index (χ3n) is 14.7. The highest BCUT2D eigenvalue weighted by Crippen LogP contribution is 2.17. The number of ether oxygens (including phenoxy) is 3. The molecule has 0 aliphatic heterocycles. The van der Waals surface area contributed by atoms with Crippen molar-refractivity contribution in [3.63, 3.8) is 0 Å². The average Bonchev–Trinajstić information content (AvgIpc) is 3.43. The van der Waals surface area contributed by atoms with E-state index in [-0.39, 0.29) is 31.1 Å². The van der Waals surface area contributed by atoms with Crippen LogP contribution in [0.1, 0.15) is 342 Å². The van der Waals surface area contributed by atoms with Gasteiger partial charge in [-0.25, -0.2) is 0 Å². The summed E-state index contributed by atoms with van der Waals surface area (Å²) in [5, 5.41) is 0. The summed E-state index contributed by atoms with van der Waals surface area (Å²) in [6.45, 7) is 6.61. The normalized spacial score (nSPS) is 12.5. The molecule has 0 N–H and O–H groups in total. The summed E-state index contributed by atoms with van der Waals surface area (Å²) in [6, 6.07) is 0. The molecule has 0 saturated carbocycles. The number of allylic oxidation sites excluding steroid dienone is 12.